The van der Waals surface area contributed by atoms with E-state index < -0.39 is 0 Å². The predicted molar refractivity (Wildman–Crippen MR) is 78.9 cm³/mol. The molecule has 5 heteroatoms. The highest BCUT2D eigenvalue weighted by molar-refractivity contribution is 5.54. The highest BCUT2D eigenvalue weighted by Crippen LogP contribution is 2.38. The Bertz CT molecular complexity index is 382. The van der Waals surface area contributed by atoms with Gasteiger partial charge in [-0.1, -0.05) is 0 Å². The standard InChI is InChI=1S/C15H25NO4/c1-11(16)8-12-9-13(18-3)15(14(10-12)19-4)20-7-5-6-17-2/h9-11H,5-8,16H2,1-4H3. The third-order valence-electron chi connectivity index (χ3n) is 2.82. The van der Waals surface area contributed by atoms with Crippen LogP contribution in [0.2, 0.25) is 0 Å². The van der Waals surface area contributed by atoms with E-state index in [1.807, 2.05) is 19.1 Å². The van der Waals surface area contributed by atoms with Crippen LogP contribution < -0.4 is 19.9 Å². The molecule has 1 aromatic rings. The van der Waals surface area contributed by atoms with Gasteiger partial charge in [0.1, 0.15) is 0 Å². The average molecular weight is 283 g/mol. The zero-order valence-corrected chi connectivity index (χ0v) is 12.8. The van der Waals surface area contributed by atoms with E-state index in [9.17, 15) is 0 Å². The van der Waals surface area contributed by atoms with Crippen molar-refractivity contribution in [2.75, 3.05) is 34.5 Å². The second-order valence-corrected chi connectivity index (χ2v) is 4.71. The van der Waals surface area contributed by atoms with Crippen molar-refractivity contribution in [1.29, 1.82) is 0 Å². The smallest absolute Gasteiger partial charge is 0.203 e. The fraction of sp³-hybridized carbons (Fsp3) is 0.600. The Hall–Kier alpha value is -1.46. The van der Waals surface area contributed by atoms with E-state index in [0.717, 1.165) is 18.4 Å². The molecule has 0 saturated heterocycles. The van der Waals surface area contributed by atoms with Crippen molar-refractivity contribution in [3.05, 3.63) is 17.7 Å². The molecular weight excluding hydrogens is 258 g/mol. The summed E-state index contributed by atoms with van der Waals surface area (Å²) in [6.45, 7) is 3.18. The van der Waals surface area contributed by atoms with Gasteiger partial charge in [-0.05, 0) is 31.0 Å². The molecule has 0 spiro atoms. The van der Waals surface area contributed by atoms with Crippen LogP contribution in [0.5, 0.6) is 17.2 Å². The van der Waals surface area contributed by atoms with Gasteiger partial charge in [0.2, 0.25) is 5.75 Å². The van der Waals surface area contributed by atoms with Crippen LogP contribution >= 0.6 is 0 Å². The number of benzene rings is 1. The number of ether oxygens (including phenoxy) is 4. The zero-order valence-electron chi connectivity index (χ0n) is 12.8. The molecule has 114 valence electrons. The summed E-state index contributed by atoms with van der Waals surface area (Å²) in [5.41, 5.74) is 6.90. The molecule has 0 saturated carbocycles. The van der Waals surface area contributed by atoms with Crippen LogP contribution in [-0.4, -0.2) is 40.6 Å². The number of hydrogen-bond donors (Lipinski definition) is 1. The van der Waals surface area contributed by atoms with Crippen molar-refractivity contribution in [3.63, 3.8) is 0 Å². The molecule has 0 radical (unpaired) electrons. The first kappa shape index (κ1) is 16.6. The maximum absolute atomic E-state index is 5.83. The number of methoxy groups -OCH3 is 3. The Morgan fingerprint density at radius 3 is 2.10 bits per heavy atom. The highest BCUT2D eigenvalue weighted by atomic mass is 16.5. The minimum Gasteiger partial charge on any atom is -0.493 e. The Labute approximate surface area is 121 Å². The quantitative estimate of drug-likeness (QED) is 0.702. The van der Waals surface area contributed by atoms with Crippen LogP contribution in [0, 0.1) is 0 Å². The van der Waals surface area contributed by atoms with Crippen molar-refractivity contribution < 1.29 is 18.9 Å². The Morgan fingerprint density at radius 2 is 1.65 bits per heavy atom. The van der Waals surface area contributed by atoms with Crippen LogP contribution in [0.3, 0.4) is 0 Å². The lowest BCUT2D eigenvalue weighted by molar-refractivity contribution is 0.169. The summed E-state index contributed by atoms with van der Waals surface area (Å²) in [6.07, 6.45) is 1.57. The van der Waals surface area contributed by atoms with Gasteiger partial charge in [-0.25, -0.2) is 0 Å². The van der Waals surface area contributed by atoms with Gasteiger partial charge in [-0.3, -0.25) is 0 Å². The molecule has 1 aromatic carbocycles. The van der Waals surface area contributed by atoms with Gasteiger partial charge in [0.25, 0.3) is 0 Å². The van der Waals surface area contributed by atoms with E-state index in [-0.39, 0.29) is 6.04 Å². The summed E-state index contributed by atoms with van der Waals surface area (Å²) >= 11 is 0. The second kappa shape index (κ2) is 8.66. The van der Waals surface area contributed by atoms with Crippen molar-refractivity contribution in [2.45, 2.75) is 25.8 Å². The zero-order chi connectivity index (χ0) is 15.0. The summed E-state index contributed by atoms with van der Waals surface area (Å²) in [5, 5.41) is 0. The number of nitrogens with two attached hydrogens (primary N) is 1. The topological polar surface area (TPSA) is 62.9 Å². The predicted octanol–water partition coefficient (Wildman–Crippen LogP) is 2.01. The molecule has 1 rings (SSSR count). The molecule has 1 unspecified atom stereocenters. The lowest BCUT2D eigenvalue weighted by Crippen LogP contribution is -2.17. The fourth-order valence-electron chi connectivity index (χ4n) is 1.94. The third kappa shape index (κ3) is 4.90. The van der Waals surface area contributed by atoms with Gasteiger partial charge in [0.15, 0.2) is 11.5 Å². The Balaban J connectivity index is 2.90. The summed E-state index contributed by atoms with van der Waals surface area (Å²) in [7, 11) is 4.91. The van der Waals surface area contributed by atoms with Crippen LogP contribution in [-0.2, 0) is 11.2 Å². The van der Waals surface area contributed by atoms with Gasteiger partial charge < -0.3 is 24.7 Å². The molecule has 0 aromatic heterocycles. The monoisotopic (exact) mass is 283 g/mol. The highest BCUT2D eigenvalue weighted by Gasteiger charge is 2.14. The van der Waals surface area contributed by atoms with Gasteiger partial charge in [-0.15, -0.1) is 0 Å². The summed E-state index contributed by atoms with van der Waals surface area (Å²) in [4.78, 5) is 0. The molecule has 0 aliphatic rings. The van der Waals surface area contributed by atoms with E-state index in [2.05, 4.69) is 0 Å². The maximum Gasteiger partial charge on any atom is 0.203 e. The Kier molecular flexibility index (Phi) is 7.18. The molecule has 0 amide bonds. The van der Waals surface area contributed by atoms with Crippen molar-refractivity contribution in [2.24, 2.45) is 5.73 Å². The van der Waals surface area contributed by atoms with Crippen LogP contribution in [0.1, 0.15) is 18.9 Å². The molecule has 20 heavy (non-hydrogen) atoms. The summed E-state index contributed by atoms with van der Waals surface area (Å²) < 4.78 is 21.5. The molecule has 0 aliphatic heterocycles. The molecule has 0 heterocycles. The van der Waals surface area contributed by atoms with Gasteiger partial charge >= 0.3 is 0 Å². The van der Waals surface area contributed by atoms with E-state index >= 15 is 0 Å². The minimum atomic E-state index is 0.0814. The summed E-state index contributed by atoms with van der Waals surface area (Å²) in [6, 6.07) is 3.97. The fourth-order valence-corrected chi connectivity index (χ4v) is 1.94. The molecule has 0 bridgehead atoms. The van der Waals surface area contributed by atoms with Crippen molar-refractivity contribution >= 4 is 0 Å². The third-order valence-corrected chi connectivity index (χ3v) is 2.82. The van der Waals surface area contributed by atoms with Crippen LogP contribution in [0.15, 0.2) is 12.1 Å². The van der Waals surface area contributed by atoms with Gasteiger partial charge in [0.05, 0.1) is 20.8 Å². The first-order chi connectivity index (χ1) is 9.62. The molecular formula is C15H25NO4. The maximum atomic E-state index is 5.83. The first-order valence-corrected chi connectivity index (χ1v) is 6.74. The van der Waals surface area contributed by atoms with Gasteiger partial charge in [-0.2, -0.15) is 0 Å². The molecule has 0 fully saturated rings. The lowest BCUT2D eigenvalue weighted by Gasteiger charge is -2.16. The second-order valence-electron chi connectivity index (χ2n) is 4.71. The van der Waals surface area contributed by atoms with E-state index in [1.54, 1.807) is 21.3 Å². The minimum absolute atomic E-state index is 0.0814. The van der Waals surface area contributed by atoms with Crippen LogP contribution in [0.4, 0.5) is 0 Å². The van der Waals surface area contributed by atoms with Crippen molar-refractivity contribution in [1.82, 2.24) is 0 Å². The first-order valence-electron chi connectivity index (χ1n) is 6.74. The molecule has 1 atom stereocenters. The van der Waals surface area contributed by atoms with Crippen LogP contribution in [0.25, 0.3) is 0 Å². The van der Waals surface area contributed by atoms with E-state index in [1.165, 1.54) is 0 Å². The van der Waals surface area contributed by atoms with Gasteiger partial charge in [0, 0.05) is 26.2 Å². The lowest BCUT2D eigenvalue weighted by atomic mass is 10.1. The normalized spacial score (nSPS) is 12.1. The SMILES string of the molecule is COCCCOc1c(OC)cc(CC(C)N)cc1OC. The molecule has 0 aliphatic carbocycles. The van der Waals surface area contributed by atoms with E-state index in [4.69, 9.17) is 24.7 Å². The number of rotatable bonds is 9. The largest absolute Gasteiger partial charge is 0.493 e. The molecule has 2 N–H and O–H groups in total. The van der Waals surface area contributed by atoms with E-state index in [0.29, 0.717) is 30.5 Å². The molecule has 5 nitrogen and oxygen atoms in total. The summed E-state index contributed by atoms with van der Waals surface area (Å²) in [5.74, 6) is 1.95. The van der Waals surface area contributed by atoms with Crippen molar-refractivity contribution in [3.8, 4) is 17.2 Å². The average Bonchev–Trinajstić information content (AvgIpc) is 2.43. The number of hydrogen-bond acceptors (Lipinski definition) is 5. The Morgan fingerprint density at radius 1 is 1.05 bits per heavy atom.